The van der Waals surface area contributed by atoms with E-state index < -0.39 is 0 Å². The van der Waals surface area contributed by atoms with Crippen LogP contribution in [0, 0.1) is 5.92 Å². The summed E-state index contributed by atoms with van der Waals surface area (Å²) in [6, 6.07) is 12.5. The van der Waals surface area contributed by atoms with Gasteiger partial charge in [-0.25, -0.2) is 0 Å². The highest BCUT2D eigenvalue weighted by molar-refractivity contribution is 5.96. The number of Topliss-reactive ketones (excluding diaryl/α,β-unsaturated/α-hetero) is 1. The summed E-state index contributed by atoms with van der Waals surface area (Å²) in [6.45, 7) is 3.09. The molecule has 3 rings (SSSR count). The number of aromatic nitrogens is 1. The highest BCUT2D eigenvalue weighted by Gasteiger charge is 2.28. The topological polar surface area (TPSA) is 82.6 Å². The number of benzene rings is 1. The zero-order valence-corrected chi connectivity index (χ0v) is 16.8. The average molecular weight is 394 g/mol. The van der Waals surface area contributed by atoms with Crippen molar-refractivity contribution < 1.29 is 14.4 Å². The normalized spacial score (nSPS) is 16.8. The van der Waals surface area contributed by atoms with E-state index in [4.69, 9.17) is 0 Å². The number of ketones is 1. The molecule has 0 spiro atoms. The first-order valence-corrected chi connectivity index (χ1v) is 9.76. The molecule has 0 unspecified atom stereocenters. The SMILES string of the molecule is CC(=O)N(C)c1ccc(NC(=O)CN2CCC[C@H](C(=O)c3ccccn3)C2)cc1. The molecule has 2 heterocycles. The van der Waals surface area contributed by atoms with Crippen molar-refractivity contribution in [3.8, 4) is 0 Å². The van der Waals surface area contributed by atoms with Gasteiger partial charge < -0.3 is 10.2 Å². The van der Waals surface area contributed by atoms with Crippen LogP contribution in [0.15, 0.2) is 48.7 Å². The van der Waals surface area contributed by atoms with E-state index in [1.54, 1.807) is 49.6 Å². The van der Waals surface area contributed by atoms with Gasteiger partial charge in [-0.15, -0.1) is 0 Å². The fourth-order valence-corrected chi connectivity index (χ4v) is 3.48. The molecule has 0 saturated carbocycles. The van der Waals surface area contributed by atoms with Crippen molar-refractivity contribution in [2.45, 2.75) is 19.8 Å². The van der Waals surface area contributed by atoms with Crippen LogP contribution in [0.4, 0.5) is 11.4 Å². The maximum absolute atomic E-state index is 12.6. The molecule has 7 heteroatoms. The monoisotopic (exact) mass is 394 g/mol. The maximum Gasteiger partial charge on any atom is 0.238 e. The van der Waals surface area contributed by atoms with Gasteiger partial charge in [0, 0.05) is 44.0 Å². The van der Waals surface area contributed by atoms with Gasteiger partial charge in [0.1, 0.15) is 5.69 Å². The van der Waals surface area contributed by atoms with Crippen molar-refractivity contribution in [1.82, 2.24) is 9.88 Å². The van der Waals surface area contributed by atoms with Gasteiger partial charge in [-0.3, -0.25) is 24.3 Å². The Hall–Kier alpha value is -3.06. The standard InChI is InChI=1S/C22H26N4O3/c1-16(27)25(2)19-10-8-18(9-11-19)24-21(28)15-26-13-5-6-17(14-26)22(29)20-7-3-4-12-23-20/h3-4,7-12,17H,5-6,13-15H2,1-2H3,(H,24,28)/t17-/m0/s1. The zero-order chi connectivity index (χ0) is 20.8. The van der Waals surface area contributed by atoms with Gasteiger partial charge in [0.2, 0.25) is 11.8 Å². The molecule has 7 nitrogen and oxygen atoms in total. The Labute approximate surface area is 170 Å². The summed E-state index contributed by atoms with van der Waals surface area (Å²) >= 11 is 0. The summed E-state index contributed by atoms with van der Waals surface area (Å²) in [4.78, 5) is 44.2. The smallest absolute Gasteiger partial charge is 0.238 e. The first kappa shape index (κ1) is 20.7. The van der Waals surface area contributed by atoms with Crippen LogP contribution in [-0.4, -0.2) is 54.2 Å². The molecule has 1 N–H and O–H groups in total. The largest absolute Gasteiger partial charge is 0.325 e. The first-order valence-electron chi connectivity index (χ1n) is 9.76. The van der Waals surface area contributed by atoms with E-state index in [1.807, 2.05) is 11.0 Å². The Morgan fingerprint density at radius 2 is 1.93 bits per heavy atom. The molecule has 1 fully saturated rings. The molecule has 1 aliphatic heterocycles. The zero-order valence-electron chi connectivity index (χ0n) is 16.8. The fourth-order valence-electron chi connectivity index (χ4n) is 3.48. The summed E-state index contributed by atoms with van der Waals surface area (Å²) in [5.41, 5.74) is 1.93. The molecule has 0 bridgehead atoms. The third kappa shape index (κ3) is 5.48. The number of anilines is 2. The summed E-state index contributed by atoms with van der Waals surface area (Å²) in [7, 11) is 1.70. The third-order valence-corrected chi connectivity index (χ3v) is 5.17. The lowest BCUT2D eigenvalue weighted by Gasteiger charge is -2.31. The second-order valence-corrected chi connectivity index (χ2v) is 7.33. The van der Waals surface area contributed by atoms with Crippen LogP contribution in [0.2, 0.25) is 0 Å². The molecule has 1 aromatic heterocycles. The summed E-state index contributed by atoms with van der Waals surface area (Å²) in [6.07, 6.45) is 3.32. The van der Waals surface area contributed by atoms with Gasteiger partial charge in [0.15, 0.2) is 5.78 Å². The van der Waals surface area contributed by atoms with E-state index in [1.165, 1.54) is 11.8 Å². The lowest BCUT2D eigenvalue weighted by molar-refractivity contribution is -0.118. The minimum atomic E-state index is -0.132. The molecule has 1 aliphatic rings. The Balaban J connectivity index is 1.54. The molecular formula is C22H26N4O3. The van der Waals surface area contributed by atoms with Crippen LogP contribution < -0.4 is 10.2 Å². The third-order valence-electron chi connectivity index (χ3n) is 5.17. The van der Waals surface area contributed by atoms with Crippen LogP contribution in [0.3, 0.4) is 0 Å². The van der Waals surface area contributed by atoms with E-state index in [9.17, 15) is 14.4 Å². The van der Waals surface area contributed by atoms with Gasteiger partial charge in [0.05, 0.1) is 6.54 Å². The van der Waals surface area contributed by atoms with Gasteiger partial charge >= 0.3 is 0 Å². The molecule has 1 saturated heterocycles. The second-order valence-electron chi connectivity index (χ2n) is 7.33. The Kier molecular flexibility index (Phi) is 6.72. The van der Waals surface area contributed by atoms with Crippen molar-refractivity contribution in [3.05, 3.63) is 54.4 Å². The average Bonchev–Trinajstić information content (AvgIpc) is 2.74. The molecule has 0 aliphatic carbocycles. The molecule has 152 valence electrons. The Morgan fingerprint density at radius 1 is 1.17 bits per heavy atom. The maximum atomic E-state index is 12.6. The van der Waals surface area contributed by atoms with E-state index in [2.05, 4.69) is 10.3 Å². The van der Waals surface area contributed by atoms with Crippen LogP contribution in [-0.2, 0) is 9.59 Å². The first-order chi connectivity index (χ1) is 13.9. The van der Waals surface area contributed by atoms with Crippen molar-refractivity contribution in [2.75, 3.05) is 36.9 Å². The number of hydrogen-bond acceptors (Lipinski definition) is 5. The predicted molar refractivity (Wildman–Crippen MR) is 112 cm³/mol. The second kappa shape index (κ2) is 9.43. The fraction of sp³-hybridized carbons (Fsp3) is 0.364. The minimum Gasteiger partial charge on any atom is -0.325 e. The van der Waals surface area contributed by atoms with Gasteiger partial charge in [-0.2, -0.15) is 0 Å². The van der Waals surface area contributed by atoms with Gasteiger partial charge in [0.25, 0.3) is 0 Å². The number of carbonyl (C=O) groups is 3. The number of nitrogens with one attached hydrogen (secondary N) is 1. The van der Waals surface area contributed by atoms with Crippen LogP contribution in [0.5, 0.6) is 0 Å². The number of likely N-dealkylation sites (tertiary alicyclic amines) is 1. The molecule has 1 atom stereocenters. The van der Waals surface area contributed by atoms with Gasteiger partial charge in [-0.1, -0.05) is 6.07 Å². The predicted octanol–water partition coefficient (Wildman–Crippen LogP) is 2.60. The molecule has 0 radical (unpaired) electrons. The van der Waals surface area contributed by atoms with Crippen LogP contribution in [0.1, 0.15) is 30.3 Å². The number of pyridine rings is 1. The van der Waals surface area contributed by atoms with Crippen molar-refractivity contribution >= 4 is 29.0 Å². The lowest BCUT2D eigenvalue weighted by Crippen LogP contribution is -2.42. The number of piperidine rings is 1. The number of carbonyl (C=O) groups excluding carboxylic acids is 3. The van der Waals surface area contributed by atoms with Crippen molar-refractivity contribution in [1.29, 1.82) is 0 Å². The molecular weight excluding hydrogens is 368 g/mol. The molecule has 29 heavy (non-hydrogen) atoms. The quantitative estimate of drug-likeness (QED) is 0.762. The van der Waals surface area contributed by atoms with E-state index in [0.717, 1.165) is 25.1 Å². The lowest BCUT2D eigenvalue weighted by atomic mass is 9.92. The molecule has 2 aromatic rings. The highest BCUT2D eigenvalue weighted by atomic mass is 16.2. The van der Waals surface area contributed by atoms with Crippen LogP contribution in [0.25, 0.3) is 0 Å². The highest BCUT2D eigenvalue weighted by Crippen LogP contribution is 2.21. The Morgan fingerprint density at radius 3 is 2.59 bits per heavy atom. The summed E-state index contributed by atoms with van der Waals surface area (Å²) in [5.74, 6) is -0.265. The minimum absolute atomic E-state index is 0.0425. The number of rotatable bonds is 6. The van der Waals surface area contributed by atoms with Crippen LogP contribution >= 0.6 is 0 Å². The number of amides is 2. The van der Waals surface area contributed by atoms with E-state index in [0.29, 0.717) is 17.9 Å². The van der Waals surface area contributed by atoms with E-state index >= 15 is 0 Å². The van der Waals surface area contributed by atoms with Crippen molar-refractivity contribution in [2.24, 2.45) is 5.92 Å². The molecule has 2 amide bonds. The number of hydrogen-bond donors (Lipinski definition) is 1. The van der Waals surface area contributed by atoms with Crippen molar-refractivity contribution in [3.63, 3.8) is 0 Å². The number of nitrogens with zero attached hydrogens (tertiary/aromatic N) is 3. The van der Waals surface area contributed by atoms with Gasteiger partial charge in [-0.05, 0) is 55.8 Å². The summed E-state index contributed by atoms with van der Waals surface area (Å²) in [5, 5.41) is 2.88. The summed E-state index contributed by atoms with van der Waals surface area (Å²) < 4.78 is 0. The van der Waals surface area contributed by atoms with E-state index in [-0.39, 0.29) is 30.1 Å². The Bertz CT molecular complexity index is 867. The molecule has 1 aromatic carbocycles.